The fourth-order valence-corrected chi connectivity index (χ4v) is 3.24. The Morgan fingerprint density at radius 2 is 1.81 bits per heavy atom. The van der Waals surface area contributed by atoms with Gasteiger partial charge in [0.05, 0.1) is 7.05 Å². The summed E-state index contributed by atoms with van der Waals surface area (Å²) < 4.78 is 0. The van der Waals surface area contributed by atoms with Crippen LogP contribution in [0.4, 0.5) is 5.69 Å². The van der Waals surface area contributed by atoms with Gasteiger partial charge >= 0.3 is 0 Å². The Labute approximate surface area is 160 Å². The van der Waals surface area contributed by atoms with Crippen molar-refractivity contribution in [2.24, 2.45) is 0 Å². The van der Waals surface area contributed by atoms with Crippen LogP contribution in [0.15, 0.2) is 48.5 Å². The number of aryl methyl sites for hydroxylation is 2. The van der Waals surface area contributed by atoms with E-state index in [1.807, 2.05) is 69.4 Å². The summed E-state index contributed by atoms with van der Waals surface area (Å²) in [5.74, 6) is -0.109. The smallest absolute Gasteiger partial charge is 0.287 e. The molecule has 0 aromatic heterocycles. The first-order valence-corrected chi connectivity index (χ1v) is 9.49. The summed E-state index contributed by atoms with van der Waals surface area (Å²) in [5, 5.41) is 6.07. The quantitative estimate of drug-likeness (QED) is 0.699. The van der Waals surface area contributed by atoms with Crippen LogP contribution in [0.25, 0.3) is 0 Å². The van der Waals surface area contributed by atoms with Crippen molar-refractivity contribution in [3.05, 3.63) is 65.2 Å². The molecule has 0 aliphatic heterocycles. The number of amides is 2. The highest BCUT2D eigenvalue weighted by molar-refractivity contribution is 5.95. The number of carbonyl (C=O) groups is 2. The van der Waals surface area contributed by atoms with Gasteiger partial charge in [-0.2, -0.15) is 0 Å². The second-order valence-corrected chi connectivity index (χ2v) is 7.52. The van der Waals surface area contributed by atoms with Crippen LogP contribution in [0.5, 0.6) is 0 Å². The second-order valence-electron chi connectivity index (χ2n) is 7.52. The van der Waals surface area contributed by atoms with Crippen molar-refractivity contribution in [2.45, 2.75) is 38.8 Å². The minimum atomic E-state index is -0.462. The summed E-state index contributed by atoms with van der Waals surface area (Å²) >= 11 is 0. The first-order chi connectivity index (χ1) is 12.9. The van der Waals surface area contributed by atoms with Crippen LogP contribution in [0.3, 0.4) is 0 Å². The van der Waals surface area contributed by atoms with E-state index in [2.05, 4.69) is 10.6 Å². The maximum atomic E-state index is 13.2. The lowest BCUT2D eigenvalue weighted by molar-refractivity contribution is -0.894. The molecule has 3 rings (SSSR count). The van der Waals surface area contributed by atoms with Crippen molar-refractivity contribution in [3.63, 3.8) is 0 Å². The number of anilines is 1. The van der Waals surface area contributed by atoms with Crippen LogP contribution in [0.1, 0.15) is 35.6 Å². The summed E-state index contributed by atoms with van der Waals surface area (Å²) in [6.07, 6.45) is 2.11. The van der Waals surface area contributed by atoms with E-state index in [4.69, 9.17) is 0 Å². The first kappa shape index (κ1) is 19.1. The number of quaternary nitrogens is 1. The second kappa shape index (κ2) is 8.35. The Bertz CT molecular complexity index is 816. The Morgan fingerprint density at radius 1 is 1.11 bits per heavy atom. The van der Waals surface area contributed by atoms with Crippen molar-refractivity contribution >= 4 is 17.5 Å². The summed E-state index contributed by atoms with van der Waals surface area (Å²) in [7, 11) is 1.90. The number of rotatable bonds is 7. The van der Waals surface area contributed by atoms with Gasteiger partial charge in [0.25, 0.3) is 11.8 Å². The van der Waals surface area contributed by atoms with Crippen LogP contribution in [-0.2, 0) is 9.59 Å². The maximum Gasteiger partial charge on any atom is 0.287 e. The molecule has 3 N–H and O–H groups in total. The molecule has 1 saturated carbocycles. The molecule has 5 heteroatoms. The molecular weight excluding hydrogens is 338 g/mol. The standard InChI is InChI=1S/C22H27N3O2/c1-15-9-10-16(2)19(13-15)24-22(27)21(17-7-5-4-6-8-17)25(3)14-20(26)23-18-11-12-18/h4-10,13,18,21H,11-12,14H2,1-3H3,(H,23,26)(H,24,27)/p+1/t21-/m1/s1. The minimum absolute atomic E-state index is 0.00420. The fourth-order valence-electron chi connectivity index (χ4n) is 3.24. The Hall–Kier alpha value is -2.66. The molecule has 1 aliphatic carbocycles. The van der Waals surface area contributed by atoms with Crippen LogP contribution >= 0.6 is 0 Å². The van der Waals surface area contributed by atoms with Gasteiger partial charge < -0.3 is 15.5 Å². The molecule has 2 amide bonds. The molecule has 5 nitrogen and oxygen atoms in total. The average Bonchev–Trinajstić information content (AvgIpc) is 3.43. The molecule has 2 aromatic rings. The number of hydrogen-bond donors (Lipinski definition) is 3. The molecule has 0 bridgehead atoms. The number of carbonyl (C=O) groups excluding carboxylic acids is 2. The van der Waals surface area contributed by atoms with Gasteiger partial charge in [0.2, 0.25) is 0 Å². The third kappa shape index (κ3) is 5.17. The van der Waals surface area contributed by atoms with Crippen LogP contribution in [-0.4, -0.2) is 31.4 Å². The summed E-state index contributed by atoms with van der Waals surface area (Å²) in [6, 6.07) is 15.5. The van der Waals surface area contributed by atoms with Gasteiger partial charge in [-0.15, -0.1) is 0 Å². The van der Waals surface area contributed by atoms with Crippen LogP contribution in [0.2, 0.25) is 0 Å². The van der Waals surface area contributed by atoms with Gasteiger partial charge in [0, 0.05) is 17.3 Å². The van der Waals surface area contributed by atoms with Crippen LogP contribution in [0, 0.1) is 13.8 Å². The van der Waals surface area contributed by atoms with Gasteiger partial charge in [-0.1, -0.05) is 42.5 Å². The molecule has 0 spiro atoms. The number of benzene rings is 2. The van der Waals surface area contributed by atoms with E-state index in [-0.39, 0.29) is 18.4 Å². The van der Waals surface area contributed by atoms with Crippen LogP contribution < -0.4 is 15.5 Å². The van der Waals surface area contributed by atoms with Crippen molar-refractivity contribution in [3.8, 4) is 0 Å². The zero-order chi connectivity index (χ0) is 19.4. The lowest BCUT2D eigenvalue weighted by Gasteiger charge is -2.24. The van der Waals surface area contributed by atoms with E-state index in [1.165, 1.54) is 0 Å². The highest BCUT2D eigenvalue weighted by Crippen LogP contribution is 2.19. The number of hydrogen-bond acceptors (Lipinski definition) is 2. The van der Waals surface area contributed by atoms with Gasteiger partial charge in [-0.3, -0.25) is 9.59 Å². The molecule has 1 unspecified atom stereocenters. The van der Waals surface area contributed by atoms with E-state index in [9.17, 15) is 9.59 Å². The summed E-state index contributed by atoms with van der Waals surface area (Å²) in [6.45, 7) is 4.24. The van der Waals surface area contributed by atoms with Gasteiger partial charge in [-0.25, -0.2) is 0 Å². The molecular formula is C22H28N3O2+. The minimum Gasteiger partial charge on any atom is -0.348 e. The molecule has 0 saturated heterocycles. The van der Waals surface area contributed by atoms with E-state index < -0.39 is 6.04 Å². The average molecular weight is 366 g/mol. The molecule has 27 heavy (non-hydrogen) atoms. The Kier molecular flexibility index (Phi) is 5.91. The zero-order valence-corrected chi connectivity index (χ0v) is 16.2. The first-order valence-electron chi connectivity index (χ1n) is 9.49. The molecule has 0 heterocycles. The topological polar surface area (TPSA) is 62.6 Å². The predicted octanol–water partition coefficient (Wildman–Crippen LogP) is 1.78. The summed E-state index contributed by atoms with van der Waals surface area (Å²) in [5.41, 5.74) is 3.83. The van der Waals surface area contributed by atoms with E-state index in [0.717, 1.165) is 40.1 Å². The number of likely N-dealkylation sites (N-methyl/N-ethyl adjacent to an activating group) is 1. The predicted molar refractivity (Wildman–Crippen MR) is 107 cm³/mol. The largest absolute Gasteiger partial charge is 0.348 e. The Balaban J connectivity index is 1.79. The highest BCUT2D eigenvalue weighted by atomic mass is 16.2. The van der Waals surface area contributed by atoms with Crippen molar-refractivity contribution in [1.82, 2.24) is 5.32 Å². The number of nitrogens with one attached hydrogen (secondary N) is 3. The van der Waals surface area contributed by atoms with E-state index in [0.29, 0.717) is 6.04 Å². The molecule has 1 fully saturated rings. The third-order valence-corrected chi connectivity index (χ3v) is 4.92. The monoisotopic (exact) mass is 366 g/mol. The lowest BCUT2D eigenvalue weighted by atomic mass is 10.0. The highest BCUT2D eigenvalue weighted by Gasteiger charge is 2.32. The van der Waals surface area contributed by atoms with Crippen molar-refractivity contribution in [1.29, 1.82) is 0 Å². The van der Waals surface area contributed by atoms with Gasteiger partial charge in [0.15, 0.2) is 12.6 Å². The Morgan fingerprint density at radius 3 is 2.48 bits per heavy atom. The lowest BCUT2D eigenvalue weighted by Crippen LogP contribution is -3.11. The van der Waals surface area contributed by atoms with Crippen molar-refractivity contribution in [2.75, 3.05) is 18.9 Å². The molecule has 2 atom stereocenters. The third-order valence-electron chi connectivity index (χ3n) is 4.92. The normalized spacial score (nSPS) is 15.7. The molecule has 0 radical (unpaired) electrons. The zero-order valence-electron chi connectivity index (χ0n) is 16.2. The van der Waals surface area contributed by atoms with Crippen molar-refractivity contribution < 1.29 is 14.5 Å². The molecule has 142 valence electrons. The molecule has 1 aliphatic rings. The van der Waals surface area contributed by atoms with E-state index >= 15 is 0 Å². The fraction of sp³-hybridized carbons (Fsp3) is 0.364. The maximum absolute atomic E-state index is 13.2. The van der Waals surface area contributed by atoms with Gasteiger partial charge in [0.1, 0.15) is 0 Å². The SMILES string of the molecule is Cc1ccc(C)c(NC(=O)[C@@H](c2ccccc2)[NH+](C)CC(=O)NC2CC2)c1. The molecule has 2 aromatic carbocycles. The van der Waals surface area contributed by atoms with E-state index in [1.54, 1.807) is 0 Å². The summed E-state index contributed by atoms with van der Waals surface area (Å²) in [4.78, 5) is 26.3. The van der Waals surface area contributed by atoms with Gasteiger partial charge in [-0.05, 0) is 43.9 Å².